The van der Waals surface area contributed by atoms with E-state index in [-0.39, 0.29) is 19.0 Å². The molecule has 0 heterocycles. The first kappa shape index (κ1) is 18.1. The molecule has 8 heteroatoms. The number of aryl methyl sites for hydroxylation is 1. The van der Waals surface area contributed by atoms with Gasteiger partial charge in [0.05, 0.1) is 0 Å². The van der Waals surface area contributed by atoms with Crippen LogP contribution in [0.15, 0.2) is 22.7 Å². The van der Waals surface area contributed by atoms with Crippen LogP contribution < -0.4 is 9.62 Å². The maximum Gasteiger partial charge on any atom is 0.278 e. The second kappa shape index (κ2) is 7.35. The van der Waals surface area contributed by atoms with E-state index in [4.69, 9.17) is 0 Å². The summed E-state index contributed by atoms with van der Waals surface area (Å²) in [5.74, 6) is -0.135. The molecule has 1 amide bonds. The Morgan fingerprint density at radius 3 is 2.43 bits per heavy atom. The van der Waals surface area contributed by atoms with Gasteiger partial charge < -0.3 is 4.90 Å². The molecule has 0 bridgehead atoms. The van der Waals surface area contributed by atoms with E-state index in [9.17, 15) is 13.2 Å². The van der Waals surface area contributed by atoms with Gasteiger partial charge in [-0.05, 0) is 30.7 Å². The van der Waals surface area contributed by atoms with Gasteiger partial charge in [0, 0.05) is 44.3 Å². The number of rotatable bonds is 6. The van der Waals surface area contributed by atoms with E-state index in [1.54, 1.807) is 4.90 Å². The van der Waals surface area contributed by atoms with Crippen molar-refractivity contribution in [3.05, 3.63) is 28.2 Å². The molecule has 0 atom stereocenters. The molecule has 21 heavy (non-hydrogen) atoms. The average Bonchev–Trinajstić information content (AvgIpc) is 2.35. The summed E-state index contributed by atoms with van der Waals surface area (Å²) in [4.78, 5) is 13.4. The third kappa shape index (κ3) is 5.06. The van der Waals surface area contributed by atoms with Gasteiger partial charge in [-0.1, -0.05) is 15.9 Å². The molecule has 1 aromatic carbocycles. The number of hydrogen-bond acceptors (Lipinski definition) is 3. The Morgan fingerprint density at radius 2 is 1.95 bits per heavy atom. The predicted octanol–water partition coefficient (Wildman–Crippen LogP) is 1.51. The van der Waals surface area contributed by atoms with Gasteiger partial charge in [-0.15, -0.1) is 0 Å². The van der Waals surface area contributed by atoms with Gasteiger partial charge in [0.1, 0.15) is 0 Å². The van der Waals surface area contributed by atoms with E-state index in [1.165, 1.54) is 21.0 Å². The minimum Gasteiger partial charge on any atom is -0.311 e. The zero-order chi connectivity index (χ0) is 16.2. The van der Waals surface area contributed by atoms with E-state index in [2.05, 4.69) is 20.7 Å². The second-order valence-corrected chi connectivity index (χ2v) is 7.67. The number of anilines is 1. The number of amides is 1. The SMILES string of the molecule is CC(=O)N(CCNS(=O)(=O)N(C)C)c1ccc(Br)cc1C. The molecular formula is C13H20BrN3O3S. The summed E-state index contributed by atoms with van der Waals surface area (Å²) >= 11 is 3.38. The van der Waals surface area contributed by atoms with Gasteiger partial charge in [0.15, 0.2) is 0 Å². The molecule has 6 nitrogen and oxygen atoms in total. The van der Waals surface area contributed by atoms with E-state index >= 15 is 0 Å². The molecule has 0 aromatic heterocycles. The minimum atomic E-state index is -3.48. The molecule has 0 aliphatic rings. The number of benzene rings is 1. The molecule has 0 fully saturated rings. The molecule has 0 radical (unpaired) electrons. The molecule has 1 rings (SSSR count). The van der Waals surface area contributed by atoms with Crippen molar-refractivity contribution in [2.45, 2.75) is 13.8 Å². The summed E-state index contributed by atoms with van der Waals surface area (Å²) in [6, 6.07) is 5.60. The summed E-state index contributed by atoms with van der Waals surface area (Å²) < 4.78 is 27.7. The van der Waals surface area contributed by atoms with Gasteiger partial charge in [-0.2, -0.15) is 12.7 Å². The van der Waals surface area contributed by atoms with E-state index in [0.29, 0.717) is 0 Å². The monoisotopic (exact) mass is 377 g/mol. The highest BCUT2D eigenvalue weighted by Crippen LogP contribution is 2.23. The zero-order valence-electron chi connectivity index (χ0n) is 12.6. The summed E-state index contributed by atoms with van der Waals surface area (Å²) in [6.45, 7) is 3.78. The second-order valence-electron chi connectivity index (χ2n) is 4.78. The number of nitrogens with zero attached hydrogens (tertiary/aromatic N) is 2. The molecule has 0 aliphatic carbocycles. The number of hydrogen-bond donors (Lipinski definition) is 1. The molecule has 1 N–H and O–H groups in total. The summed E-state index contributed by atoms with van der Waals surface area (Å²) in [5, 5.41) is 0. The van der Waals surface area contributed by atoms with Crippen LogP contribution in [0.5, 0.6) is 0 Å². The maximum absolute atomic E-state index is 11.8. The van der Waals surface area contributed by atoms with Crippen LogP contribution in [0.3, 0.4) is 0 Å². The highest BCUT2D eigenvalue weighted by molar-refractivity contribution is 9.10. The zero-order valence-corrected chi connectivity index (χ0v) is 15.0. The Balaban J connectivity index is 2.83. The Labute approximate surface area is 134 Å². The highest BCUT2D eigenvalue weighted by atomic mass is 79.9. The van der Waals surface area contributed by atoms with Crippen molar-refractivity contribution in [2.75, 3.05) is 32.1 Å². The van der Waals surface area contributed by atoms with E-state index < -0.39 is 10.2 Å². The van der Waals surface area contributed by atoms with Gasteiger partial charge in [-0.3, -0.25) is 4.79 Å². The molecule has 0 aliphatic heterocycles. The fourth-order valence-corrected chi connectivity index (χ4v) is 2.87. The lowest BCUT2D eigenvalue weighted by molar-refractivity contribution is -0.116. The Kier molecular flexibility index (Phi) is 6.33. The van der Waals surface area contributed by atoms with Crippen molar-refractivity contribution >= 4 is 37.7 Å². The van der Waals surface area contributed by atoms with E-state index in [0.717, 1.165) is 20.0 Å². The molecule has 0 unspecified atom stereocenters. The number of carbonyl (C=O) groups is 1. The number of halogens is 1. The highest BCUT2D eigenvalue weighted by Gasteiger charge is 2.16. The predicted molar refractivity (Wildman–Crippen MR) is 87.5 cm³/mol. The number of carbonyl (C=O) groups excluding carboxylic acids is 1. The summed E-state index contributed by atoms with van der Waals surface area (Å²) in [6.07, 6.45) is 0. The van der Waals surface area contributed by atoms with Crippen molar-refractivity contribution in [1.82, 2.24) is 9.03 Å². The summed E-state index contributed by atoms with van der Waals surface area (Å²) in [5.41, 5.74) is 1.71. The van der Waals surface area contributed by atoms with Crippen LogP contribution >= 0.6 is 15.9 Å². The lowest BCUT2D eigenvalue weighted by Crippen LogP contribution is -2.41. The maximum atomic E-state index is 11.8. The standard InChI is InChI=1S/C13H20BrN3O3S/c1-10-9-12(14)5-6-13(10)17(11(2)18)8-7-15-21(19,20)16(3)4/h5-6,9,15H,7-8H2,1-4H3. The first-order valence-corrected chi connectivity index (χ1v) is 8.60. The fraction of sp³-hybridized carbons (Fsp3) is 0.462. The largest absolute Gasteiger partial charge is 0.311 e. The average molecular weight is 378 g/mol. The van der Waals surface area contributed by atoms with Crippen LogP contribution in [0.4, 0.5) is 5.69 Å². The lowest BCUT2D eigenvalue weighted by Gasteiger charge is -2.24. The van der Waals surface area contributed by atoms with Crippen LogP contribution in [-0.4, -0.2) is 45.8 Å². The molecule has 1 aromatic rings. The van der Waals surface area contributed by atoms with Crippen molar-refractivity contribution in [2.24, 2.45) is 0 Å². The third-order valence-corrected chi connectivity index (χ3v) is 4.95. The van der Waals surface area contributed by atoms with Crippen LogP contribution in [-0.2, 0) is 15.0 Å². The summed E-state index contributed by atoms with van der Waals surface area (Å²) in [7, 11) is -0.584. The Morgan fingerprint density at radius 1 is 1.33 bits per heavy atom. The molecular weight excluding hydrogens is 358 g/mol. The minimum absolute atomic E-state index is 0.135. The van der Waals surface area contributed by atoms with Crippen molar-refractivity contribution < 1.29 is 13.2 Å². The quantitative estimate of drug-likeness (QED) is 0.816. The molecule has 118 valence electrons. The molecule has 0 spiro atoms. The van der Waals surface area contributed by atoms with Crippen LogP contribution in [0.1, 0.15) is 12.5 Å². The van der Waals surface area contributed by atoms with Crippen LogP contribution in [0.2, 0.25) is 0 Å². The van der Waals surface area contributed by atoms with Crippen molar-refractivity contribution in [3.8, 4) is 0 Å². The topological polar surface area (TPSA) is 69.7 Å². The van der Waals surface area contributed by atoms with Gasteiger partial charge in [0.2, 0.25) is 5.91 Å². The van der Waals surface area contributed by atoms with E-state index in [1.807, 2.05) is 25.1 Å². The fourth-order valence-electron chi connectivity index (χ4n) is 1.78. The molecule has 0 saturated heterocycles. The van der Waals surface area contributed by atoms with Crippen molar-refractivity contribution in [1.29, 1.82) is 0 Å². The first-order chi connectivity index (χ1) is 9.65. The molecule has 0 saturated carbocycles. The lowest BCUT2D eigenvalue weighted by atomic mass is 10.2. The van der Waals surface area contributed by atoms with Crippen LogP contribution in [0, 0.1) is 6.92 Å². The van der Waals surface area contributed by atoms with Gasteiger partial charge >= 0.3 is 0 Å². The van der Waals surface area contributed by atoms with Gasteiger partial charge in [-0.25, -0.2) is 4.72 Å². The van der Waals surface area contributed by atoms with Crippen molar-refractivity contribution in [3.63, 3.8) is 0 Å². The smallest absolute Gasteiger partial charge is 0.278 e. The van der Waals surface area contributed by atoms with Gasteiger partial charge in [0.25, 0.3) is 10.2 Å². The normalized spacial score (nSPS) is 11.7. The van der Waals surface area contributed by atoms with Crippen LogP contribution in [0.25, 0.3) is 0 Å². The first-order valence-electron chi connectivity index (χ1n) is 6.36. The third-order valence-electron chi connectivity index (χ3n) is 2.93. The Hall–Kier alpha value is -0.960. The number of nitrogens with one attached hydrogen (secondary N) is 1. The Bertz CT molecular complexity index is 617.